The number of anilines is 1. The number of benzene rings is 2. The van der Waals surface area contributed by atoms with Crippen LogP contribution in [0.5, 0.6) is 5.75 Å². The number of aromatic nitrogens is 1. The van der Waals surface area contributed by atoms with Gasteiger partial charge in [0.05, 0.1) is 22.8 Å². The normalized spacial score (nSPS) is 20.0. The zero-order chi connectivity index (χ0) is 26.3. The molecule has 4 amide bonds. The second-order valence-corrected chi connectivity index (χ2v) is 9.49. The molecule has 3 atom stereocenters. The lowest BCUT2D eigenvalue weighted by atomic mass is 10.1. The number of likely N-dealkylation sites (tertiary alicyclic amines) is 1. The number of piperidine rings is 1. The molecule has 1 saturated carbocycles. The number of fused-ring (bicyclic) bond motifs is 2. The Bertz CT molecular complexity index is 1400. The number of rotatable bonds is 7. The third kappa shape index (κ3) is 4.79. The van der Waals surface area contributed by atoms with E-state index in [1.165, 1.54) is 27.8 Å². The Hall–Kier alpha value is -3.83. The van der Waals surface area contributed by atoms with Gasteiger partial charge in [-0.15, -0.1) is 0 Å². The minimum Gasteiger partial charge on any atom is -0.491 e. The molecular weight excluding hydrogens is 505 g/mol. The molecular formula is C25H25ClFN5O5. The Morgan fingerprint density at radius 2 is 2.03 bits per heavy atom. The summed E-state index contributed by atoms with van der Waals surface area (Å²) in [6.45, 7) is -0.145. The number of nitrogens with two attached hydrogens (primary N) is 1. The lowest BCUT2D eigenvalue weighted by Gasteiger charge is -2.27. The molecule has 1 saturated heterocycles. The molecule has 2 unspecified atom stereocenters. The molecule has 1 aliphatic heterocycles. The Labute approximate surface area is 216 Å². The SMILES string of the molecule is NC(=O)n1cc(NC(=O)N2C3CC3C[C@H]2C(=O)NCc2cccc(Cl)c2F)c2ccc(OCCO)cc21. The van der Waals surface area contributed by atoms with E-state index in [4.69, 9.17) is 27.2 Å². The number of halogens is 2. The summed E-state index contributed by atoms with van der Waals surface area (Å²) in [6.07, 6.45) is 2.73. The van der Waals surface area contributed by atoms with E-state index >= 15 is 0 Å². The van der Waals surface area contributed by atoms with Crippen LogP contribution in [-0.4, -0.2) is 57.8 Å². The minimum absolute atomic E-state index is 0.0305. The molecule has 2 heterocycles. The minimum atomic E-state index is -0.751. The first kappa shape index (κ1) is 24.8. The van der Waals surface area contributed by atoms with Crippen LogP contribution in [0, 0.1) is 11.7 Å². The van der Waals surface area contributed by atoms with E-state index in [1.54, 1.807) is 24.3 Å². The fourth-order valence-corrected chi connectivity index (χ4v) is 5.08. The first-order valence-electron chi connectivity index (χ1n) is 11.8. The van der Waals surface area contributed by atoms with Gasteiger partial charge in [-0.3, -0.25) is 9.36 Å². The van der Waals surface area contributed by atoms with Crippen molar-refractivity contribution in [1.29, 1.82) is 0 Å². The second kappa shape index (κ2) is 9.91. The number of carbonyl (C=O) groups is 3. The zero-order valence-electron chi connectivity index (χ0n) is 19.6. The number of aliphatic hydroxyl groups is 1. The van der Waals surface area contributed by atoms with Gasteiger partial charge in [0, 0.05) is 35.8 Å². The molecule has 1 aromatic heterocycles. The standard InChI is InChI=1S/C25H25ClFN5O5/c26-17-3-1-2-13(22(17)27)11-29-23(34)21-9-14-8-19(14)32(21)25(36)30-18-12-31(24(28)35)20-10-15(37-7-6-33)4-5-16(18)20/h1-5,10,12,14,19,21,33H,6-9,11H2,(H2,28,35)(H,29,34)(H,30,36)/t14?,19?,21-/m0/s1. The van der Waals surface area contributed by atoms with Gasteiger partial charge in [-0.05, 0) is 37.0 Å². The van der Waals surface area contributed by atoms with E-state index in [0.29, 0.717) is 28.8 Å². The van der Waals surface area contributed by atoms with Gasteiger partial charge in [0.1, 0.15) is 24.2 Å². The molecule has 2 aliphatic rings. The summed E-state index contributed by atoms with van der Waals surface area (Å²) in [5, 5.41) is 15.0. The number of primary amides is 1. The summed E-state index contributed by atoms with van der Waals surface area (Å²) < 4.78 is 20.8. The quantitative estimate of drug-likeness (QED) is 0.372. The average Bonchev–Trinajstić information content (AvgIpc) is 3.39. The van der Waals surface area contributed by atoms with Crippen molar-refractivity contribution in [1.82, 2.24) is 14.8 Å². The van der Waals surface area contributed by atoms with Crippen LogP contribution < -0.4 is 21.1 Å². The van der Waals surface area contributed by atoms with Crippen LogP contribution in [-0.2, 0) is 11.3 Å². The molecule has 37 heavy (non-hydrogen) atoms. The van der Waals surface area contributed by atoms with Crippen molar-refractivity contribution in [2.75, 3.05) is 18.5 Å². The molecule has 2 fully saturated rings. The Morgan fingerprint density at radius 3 is 2.78 bits per heavy atom. The van der Waals surface area contributed by atoms with E-state index in [1.807, 2.05) is 0 Å². The summed E-state index contributed by atoms with van der Waals surface area (Å²) in [7, 11) is 0. The number of carbonyl (C=O) groups excluding carboxylic acids is 3. The van der Waals surface area contributed by atoms with Crippen molar-refractivity contribution in [3.8, 4) is 5.75 Å². The summed E-state index contributed by atoms with van der Waals surface area (Å²) >= 11 is 5.82. The largest absolute Gasteiger partial charge is 0.491 e. The monoisotopic (exact) mass is 529 g/mol. The van der Waals surface area contributed by atoms with Crippen molar-refractivity contribution in [2.45, 2.75) is 31.5 Å². The van der Waals surface area contributed by atoms with E-state index in [0.717, 1.165) is 6.42 Å². The van der Waals surface area contributed by atoms with Crippen molar-refractivity contribution < 1.29 is 28.6 Å². The highest BCUT2D eigenvalue weighted by Gasteiger charge is 2.56. The van der Waals surface area contributed by atoms with Crippen LogP contribution in [0.25, 0.3) is 10.9 Å². The predicted molar refractivity (Wildman–Crippen MR) is 134 cm³/mol. The second-order valence-electron chi connectivity index (χ2n) is 9.08. The maximum Gasteiger partial charge on any atom is 0.323 e. The molecule has 1 aliphatic carbocycles. The van der Waals surface area contributed by atoms with Crippen LogP contribution in [0.3, 0.4) is 0 Å². The lowest BCUT2D eigenvalue weighted by molar-refractivity contribution is -0.125. The summed E-state index contributed by atoms with van der Waals surface area (Å²) in [6, 6.07) is 7.45. The third-order valence-corrected chi connectivity index (χ3v) is 7.03. The highest BCUT2D eigenvalue weighted by molar-refractivity contribution is 6.30. The first-order valence-corrected chi connectivity index (χ1v) is 12.1. The van der Waals surface area contributed by atoms with Gasteiger partial charge >= 0.3 is 12.1 Å². The predicted octanol–water partition coefficient (Wildman–Crippen LogP) is 3.04. The fourth-order valence-electron chi connectivity index (χ4n) is 4.89. The number of ether oxygens (including phenoxy) is 1. The molecule has 2 aromatic carbocycles. The number of nitrogens with one attached hydrogen (secondary N) is 2. The van der Waals surface area contributed by atoms with E-state index in [-0.39, 0.29) is 48.2 Å². The molecule has 0 spiro atoms. The number of nitrogens with zero attached hydrogens (tertiary/aromatic N) is 2. The molecule has 5 N–H and O–H groups in total. The van der Waals surface area contributed by atoms with Crippen LogP contribution >= 0.6 is 11.6 Å². The first-order chi connectivity index (χ1) is 17.8. The van der Waals surface area contributed by atoms with E-state index in [2.05, 4.69) is 10.6 Å². The molecule has 0 bridgehead atoms. The Kier molecular flexibility index (Phi) is 6.65. The molecule has 5 rings (SSSR count). The summed E-state index contributed by atoms with van der Waals surface area (Å²) in [4.78, 5) is 39.9. The van der Waals surface area contributed by atoms with Gasteiger partial charge in [-0.25, -0.2) is 14.0 Å². The maximum atomic E-state index is 14.2. The molecule has 3 aromatic rings. The van der Waals surface area contributed by atoms with Crippen LogP contribution in [0.1, 0.15) is 18.4 Å². The summed E-state index contributed by atoms with van der Waals surface area (Å²) in [5.41, 5.74) is 6.53. The zero-order valence-corrected chi connectivity index (χ0v) is 20.4. The van der Waals surface area contributed by atoms with Gasteiger partial charge in [0.15, 0.2) is 0 Å². The molecule has 12 heteroatoms. The van der Waals surface area contributed by atoms with Crippen LogP contribution in [0.2, 0.25) is 5.02 Å². The number of amides is 4. The van der Waals surface area contributed by atoms with Gasteiger partial charge in [-0.2, -0.15) is 0 Å². The van der Waals surface area contributed by atoms with Crippen LogP contribution in [0.15, 0.2) is 42.6 Å². The van der Waals surface area contributed by atoms with E-state index in [9.17, 15) is 18.8 Å². The van der Waals surface area contributed by atoms with E-state index < -0.39 is 23.9 Å². The molecule has 0 radical (unpaired) electrons. The molecule has 10 nitrogen and oxygen atoms in total. The van der Waals surface area contributed by atoms with Crippen molar-refractivity contribution >= 4 is 46.2 Å². The Morgan fingerprint density at radius 1 is 1.22 bits per heavy atom. The summed E-state index contributed by atoms with van der Waals surface area (Å²) in [5.74, 6) is -0.327. The third-order valence-electron chi connectivity index (χ3n) is 6.74. The number of hydrogen-bond donors (Lipinski definition) is 4. The topological polar surface area (TPSA) is 139 Å². The maximum absolute atomic E-state index is 14.2. The highest BCUT2D eigenvalue weighted by atomic mass is 35.5. The van der Waals surface area contributed by atoms with Gasteiger partial charge in [-0.1, -0.05) is 23.7 Å². The van der Waals surface area contributed by atoms with Gasteiger partial charge in [0.25, 0.3) is 0 Å². The lowest BCUT2D eigenvalue weighted by Crippen LogP contribution is -2.49. The van der Waals surface area contributed by atoms with Crippen molar-refractivity contribution in [3.05, 3.63) is 59.0 Å². The number of hydrogen-bond acceptors (Lipinski definition) is 5. The smallest absolute Gasteiger partial charge is 0.323 e. The highest BCUT2D eigenvalue weighted by Crippen LogP contribution is 2.48. The average molecular weight is 530 g/mol. The van der Waals surface area contributed by atoms with Crippen molar-refractivity contribution in [3.63, 3.8) is 0 Å². The van der Waals surface area contributed by atoms with Gasteiger partial charge < -0.3 is 31.1 Å². The fraction of sp³-hybridized carbons (Fsp3) is 0.320. The van der Waals surface area contributed by atoms with Crippen molar-refractivity contribution in [2.24, 2.45) is 11.7 Å². The number of urea groups is 1. The molecule has 194 valence electrons. The Balaban J connectivity index is 1.33. The van der Waals surface area contributed by atoms with Gasteiger partial charge in [0.2, 0.25) is 5.91 Å². The number of aliphatic hydroxyl groups excluding tert-OH is 1. The van der Waals surface area contributed by atoms with Crippen LogP contribution in [0.4, 0.5) is 19.7 Å².